The van der Waals surface area contributed by atoms with E-state index in [1.165, 1.54) is 28.1 Å². The summed E-state index contributed by atoms with van der Waals surface area (Å²) in [5, 5.41) is 0. The van der Waals surface area contributed by atoms with Gasteiger partial charge in [0.1, 0.15) is 48.1 Å². The van der Waals surface area contributed by atoms with Gasteiger partial charge in [-0.15, -0.1) is 0 Å². The molecule has 236 valence electrons. The van der Waals surface area contributed by atoms with Crippen molar-refractivity contribution in [1.82, 2.24) is 39.0 Å². The first-order valence-corrected chi connectivity index (χ1v) is 18.1. The van der Waals surface area contributed by atoms with E-state index in [4.69, 9.17) is 39.0 Å². The SMILES string of the molecule is Nc1ncnc2c1ncn2[C@@H]1O[C@@H]2CO[P@](=O)(S)O[C@@H]3[C@H](F)[C@@H](CO[P@@](=O)(S)O[C@H]2[C@H]1F)O[C@H]3n1cnc2c(N)ncnc21. The highest BCUT2D eigenvalue weighted by Gasteiger charge is 2.54. The van der Waals surface area contributed by atoms with Gasteiger partial charge in [0.2, 0.25) is 0 Å². The van der Waals surface area contributed by atoms with E-state index in [-0.39, 0.29) is 34.0 Å². The first-order chi connectivity index (χ1) is 20.9. The maximum absolute atomic E-state index is 16.0. The van der Waals surface area contributed by atoms with Crippen molar-refractivity contribution in [2.75, 3.05) is 24.7 Å². The second kappa shape index (κ2) is 11.1. The molecular formula is C20H22F2N10O8P2S2. The zero-order valence-corrected chi connectivity index (χ0v) is 25.5. The molecule has 24 heteroatoms. The summed E-state index contributed by atoms with van der Waals surface area (Å²) in [6.45, 7) is -10.2. The first kappa shape index (κ1) is 30.2. The molecule has 3 saturated heterocycles. The summed E-state index contributed by atoms with van der Waals surface area (Å²) in [4.78, 5) is 24.2. The van der Waals surface area contributed by atoms with Crippen molar-refractivity contribution in [3.8, 4) is 0 Å². The predicted molar refractivity (Wildman–Crippen MR) is 152 cm³/mol. The van der Waals surface area contributed by atoms with Crippen LogP contribution < -0.4 is 11.5 Å². The second-order valence-electron chi connectivity index (χ2n) is 9.85. The molecule has 0 aromatic carbocycles. The highest BCUT2D eigenvalue weighted by molar-refractivity contribution is 8.44. The van der Waals surface area contributed by atoms with Gasteiger partial charge >= 0.3 is 13.6 Å². The standard InChI is InChI=1S/C20H22F2N10O8P2S2/c21-9-7-1-35-41(33,43)39-13-8(38-19(10(13)22)31-5-29-11-15(23)25-3-27-17(11)31)2-36-42(34,44)40-14(9)20(37-7)32-6-30-12-16(24)26-4-28-18(12)32/h3-10,13-14,19-20H,1-2H2,(H,33,43)(H,34,44)(H2,23,25,27)(H2,24,26,28)/t7-,8-,9-,10-,13-,14-,19-,20-,41-,42+/m1/s1. The Labute approximate surface area is 255 Å². The summed E-state index contributed by atoms with van der Waals surface area (Å²) in [5.41, 5.74) is 12.4. The molecule has 7 heterocycles. The molecule has 3 aliphatic heterocycles. The number of fused-ring (bicyclic) bond motifs is 5. The zero-order valence-electron chi connectivity index (χ0n) is 21.9. The monoisotopic (exact) mass is 694 g/mol. The third-order valence-electron chi connectivity index (χ3n) is 7.17. The summed E-state index contributed by atoms with van der Waals surface area (Å²) in [5.74, 6) is 0.0984. The maximum atomic E-state index is 16.0. The smallest absolute Gasteiger partial charge is 0.382 e. The second-order valence-corrected chi connectivity index (χ2v) is 15.6. The third-order valence-corrected chi connectivity index (χ3v) is 10.4. The van der Waals surface area contributed by atoms with E-state index in [0.717, 1.165) is 6.33 Å². The number of hydrogen-bond acceptors (Lipinski definition) is 16. The Morgan fingerprint density at radius 3 is 1.82 bits per heavy atom. The van der Waals surface area contributed by atoms with Crippen LogP contribution in [0.5, 0.6) is 0 Å². The molecule has 44 heavy (non-hydrogen) atoms. The van der Waals surface area contributed by atoms with Crippen molar-refractivity contribution in [3.05, 3.63) is 25.3 Å². The summed E-state index contributed by atoms with van der Waals surface area (Å²) in [6.07, 6.45) is -8.18. The Balaban J connectivity index is 1.20. The summed E-state index contributed by atoms with van der Waals surface area (Å²) in [6, 6.07) is 0. The minimum absolute atomic E-state index is 0.0478. The fraction of sp³-hybridized carbons (Fsp3) is 0.500. The van der Waals surface area contributed by atoms with Gasteiger partial charge in [-0.1, -0.05) is 24.5 Å². The molecular weight excluding hydrogens is 672 g/mol. The molecule has 2 bridgehead atoms. The van der Waals surface area contributed by atoms with Gasteiger partial charge < -0.3 is 20.9 Å². The fourth-order valence-electron chi connectivity index (χ4n) is 5.16. The average Bonchev–Trinajstić information content (AvgIpc) is 3.73. The van der Waals surface area contributed by atoms with Crippen molar-refractivity contribution >= 4 is 72.1 Å². The van der Waals surface area contributed by atoms with Crippen LogP contribution in [-0.4, -0.2) is 89.0 Å². The van der Waals surface area contributed by atoms with E-state index in [2.05, 4.69) is 54.4 Å². The van der Waals surface area contributed by atoms with Gasteiger partial charge in [-0.25, -0.2) is 47.8 Å². The molecule has 0 radical (unpaired) electrons. The lowest BCUT2D eigenvalue weighted by Gasteiger charge is -2.26. The molecule has 3 aliphatic rings. The lowest BCUT2D eigenvalue weighted by atomic mass is 10.1. The lowest BCUT2D eigenvalue weighted by molar-refractivity contribution is -0.0563. The van der Waals surface area contributed by atoms with Gasteiger partial charge in [0.05, 0.1) is 25.9 Å². The van der Waals surface area contributed by atoms with Crippen molar-refractivity contribution in [1.29, 1.82) is 0 Å². The van der Waals surface area contributed by atoms with Crippen LogP contribution in [0.4, 0.5) is 20.4 Å². The summed E-state index contributed by atoms with van der Waals surface area (Å²) < 4.78 is 94.5. The number of alkyl halides is 2. The number of ether oxygens (including phenoxy) is 2. The maximum Gasteiger partial charge on any atom is 0.386 e. The topological polar surface area (TPSA) is 229 Å². The number of nitrogens with zero attached hydrogens (tertiary/aromatic N) is 8. The molecule has 4 aromatic heterocycles. The van der Waals surface area contributed by atoms with Crippen LogP contribution in [0, 0.1) is 0 Å². The van der Waals surface area contributed by atoms with E-state index < -0.39 is 76.0 Å². The Kier molecular flexibility index (Phi) is 7.59. The molecule has 0 unspecified atom stereocenters. The van der Waals surface area contributed by atoms with Crippen molar-refractivity contribution in [2.24, 2.45) is 0 Å². The minimum Gasteiger partial charge on any atom is -0.382 e. The number of aromatic nitrogens is 8. The predicted octanol–water partition coefficient (Wildman–Crippen LogP) is 2.19. The Morgan fingerprint density at radius 1 is 0.727 bits per heavy atom. The molecule has 18 nitrogen and oxygen atoms in total. The normalized spacial score (nSPS) is 38.3. The van der Waals surface area contributed by atoms with Gasteiger partial charge in [0.15, 0.2) is 47.7 Å². The van der Waals surface area contributed by atoms with E-state index >= 15 is 8.78 Å². The molecule has 7 rings (SSSR count). The number of imidazole rings is 2. The van der Waals surface area contributed by atoms with Gasteiger partial charge in [-0.3, -0.25) is 27.2 Å². The minimum atomic E-state index is -4.43. The van der Waals surface area contributed by atoms with E-state index in [0.29, 0.717) is 0 Å². The first-order valence-electron chi connectivity index (χ1n) is 12.7. The zero-order chi connectivity index (χ0) is 31.0. The molecule has 0 saturated carbocycles. The Hall–Kier alpha value is -2.52. The quantitative estimate of drug-likeness (QED) is 0.174. The van der Waals surface area contributed by atoms with E-state index in [9.17, 15) is 9.13 Å². The fourth-order valence-corrected chi connectivity index (χ4v) is 8.09. The molecule has 0 aliphatic carbocycles. The number of anilines is 2. The van der Waals surface area contributed by atoms with Gasteiger partial charge in [-0.05, 0) is 0 Å². The summed E-state index contributed by atoms with van der Waals surface area (Å²) in [7, 11) is 0. The molecule has 0 amide bonds. The third kappa shape index (κ3) is 5.25. The highest BCUT2D eigenvalue weighted by Crippen LogP contribution is 2.60. The van der Waals surface area contributed by atoms with Gasteiger partial charge in [0, 0.05) is 0 Å². The number of rotatable bonds is 2. The number of halogens is 2. The molecule has 4 N–H and O–H groups in total. The number of hydrogen-bond donors (Lipinski definition) is 4. The van der Waals surface area contributed by atoms with Crippen molar-refractivity contribution < 1.29 is 45.5 Å². The average molecular weight is 695 g/mol. The van der Waals surface area contributed by atoms with Crippen LogP contribution in [-0.2, 0) is 36.7 Å². The number of nitrogens with two attached hydrogens (primary N) is 2. The highest BCUT2D eigenvalue weighted by atomic mass is 32.7. The van der Waals surface area contributed by atoms with Crippen molar-refractivity contribution in [3.63, 3.8) is 0 Å². The van der Waals surface area contributed by atoms with Gasteiger partial charge in [-0.2, -0.15) is 0 Å². The van der Waals surface area contributed by atoms with Crippen LogP contribution in [0.25, 0.3) is 22.3 Å². The number of nitrogen functional groups attached to an aromatic ring is 2. The molecule has 10 atom stereocenters. The van der Waals surface area contributed by atoms with Crippen LogP contribution in [0.2, 0.25) is 0 Å². The Morgan fingerprint density at radius 2 is 1.23 bits per heavy atom. The molecule has 3 fully saturated rings. The lowest BCUT2D eigenvalue weighted by Crippen LogP contribution is -2.33. The van der Waals surface area contributed by atoms with Crippen LogP contribution in [0.15, 0.2) is 25.3 Å². The van der Waals surface area contributed by atoms with Crippen LogP contribution in [0.1, 0.15) is 12.5 Å². The van der Waals surface area contributed by atoms with E-state index in [1.807, 2.05) is 0 Å². The van der Waals surface area contributed by atoms with Crippen LogP contribution >= 0.6 is 38.1 Å². The summed E-state index contributed by atoms with van der Waals surface area (Å²) >= 11 is 7.99. The van der Waals surface area contributed by atoms with Gasteiger partial charge in [0.25, 0.3) is 0 Å². The number of thiol groups is 2. The molecule has 0 spiro atoms. The largest absolute Gasteiger partial charge is 0.386 e. The molecule has 4 aromatic rings. The Bertz CT molecular complexity index is 1840. The van der Waals surface area contributed by atoms with E-state index in [1.54, 1.807) is 0 Å². The van der Waals surface area contributed by atoms with Crippen LogP contribution in [0.3, 0.4) is 0 Å². The van der Waals surface area contributed by atoms with Crippen molar-refractivity contribution in [2.45, 2.75) is 49.2 Å².